The van der Waals surface area contributed by atoms with Crippen molar-refractivity contribution in [3.8, 4) is 0 Å². The smallest absolute Gasteiger partial charge is 0.191 e. The van der Waals surface area contributed by atoms with Crippen molar-refractivity contribution in [2.24, 2.45) is 10.9 Å². The summed E-state index contributed by atoms with van der Waals surface area (Å²) in [4.78, 5) is 8.61. The van der Waals surface area contributed by atoms with Gasteiger partial charge in [-0.25, -0.2) is 4.99 Å². The maximum Gasteiger partial charge on any atom is 0.191 e. The van der Waals surface area contributed by atoms with Crippen LogP contribution in [-0.2, 0) is 6.54 Å². The molecule has 23 heavy (non-hydrogen) atoms. The molecular formula is C17H31IN4S. The molecule has 0 spiro atoms. The highest BCUT2D eigenvalue weighted by Crippen LogP contribution is 2.16. The summed E-state index contributed by atoms with van der Waals surface area (Å²) in [5.74, 6) is 1.78. The largest absolute Gasteiger partial charge is 0.357 e. The first-order valence-electron chi connectivity index (χ1n) is 8.46. The van der Waals surface area contributed by atoms with Crippen LogP contribution >= 0.6 is 35.3 Å². The third-order valence-corrected chi connectivity index (χ3v) is 5.16. The monoisotopic (exact) mass is 450 g/mol. The Balaban J connectivity index is 0.00000264. The molecule has 0 bridgehead atoms. The van der Waals surface area contributed by atoms with Crippen LogP contribution in [0.1, 0.15) is 37.1 Å². The van der Waals surface area contributed by atoms with Gasteiger partial charge in [0.25, 0.3) is 0 Å². The zero-order valence-electron chi connectivity index (χ0n) is 14.6. The molecule has 2 rings (SSSR count). The fourth-order valence-electron chi connectivity index (χ4n) is 2.88. The van der Waals surface area contributed by atoms with Crippen molar-refractivity contribution >= 4 is 41.3 Å². The molecule has 0 aromatic carbocycles. The van der Waals surface area contributed by atoms with E-state index in [1.165, 1.54) is 36.4 Å². The standard InChI is InChI=1S/C17H30N4S.HI/c1-4-18-17(20-12-16-15(3)7-11-22-16)19-8-10-21-9-5-6-14(2)13-21;/h7,11,14H,4-6,8-10,12-13H2,1-3H3,(H2,18,19,20);1H. The summed E-state index contributed by atoms with van der Waals surface area (Å²) in [7, 11) is 0. The normalized spacial score (nSPS) is 19.3. The van der Waals surface area contributed by atoms with Gasteiger partial charge in [-0.2, -0.15) is 0 Å². The summed E-state index contributed by atoms with van der Waals surface area (Å²) in [6.07, 6.45) is 2.72. The van der Waals surface area contributed by atoms with Gasteiger partial charge in [-0.15, -0.1) is 35.3 Å². The number of aryl methyl sites for hydroxylation is 1. The highest BCUT2D eigenvalue weighted by atomic mass is 127. The molecule has 1 fully saturated rings. The van der Waals surface area contributed by atoms with E-state index in [2.05, 4.69) is 47.8 Å². The minimum absolute atomic E-state index is 0. The zero-order chi connectivity index (χ0) is 15.8. The predicted octanol–water partition coefficient (Wildman–Crippen LogP) is 3.46. The number of halogens is 1. The Morgan fingerprint density at radius 2 is 2.26 bits per heavy atom. The highest BCUT2D eigenvalue weighted by molar-refractivity contribution is 14.0. The van der Waals surface area contributed by atoms with Crippen LogP contribution in [0.3, 0.4) is 0 Å². The maximum absolute atomic E-state index is 4.70. The van der Waals surface area contributed by atoms with E-state index in [0.717, 1.165) is 38.1 Å². The molecule has 6 heteroatoms. The van der Waals surface area contributed by atoms with Gasteiger partial charge in [-0.3, -0.25) is 0 Å². The Kier molecular flexibility index (Phi) is 10.1. The number of rotatable bonds is 6. The van der Waals surface area contributed by atoms with Gasteiger partial charge in [-0.05, 0) is 56.2 Å². The topological polar surface area (TPSA) is 39.7 Å². The van der Waals surface area contributed by atoms with E-state index in [-0.39, 0.29) is 24.0 Å². The van der Waals surface area contributed by atoms with Crippen LogP contribution in [0, 0.1) is 12.8 Å². The minimum atomic E-state index is 0. The van der Waals surface area contributed by atoms with Crippen molar-refractivity contribution in [1.82, 2.24) is 15.5 Å². The number of hydrogen-bond acceptors (Lipinski definition) is 3. The molecule has 2 heterocycles. The summed E-state index contributed by atoms with van der Waals surface area (Å²) in [6, 6.07) is 2.16. The third kappa shape index (κ3) is 7.39. The summed E-state index contributed by atoms with van der Waals surface area (Å²) < 4.78 is 0. The van der Waals surface area contributed by atoms with E-state index in [4.69, 9.17) is 4.99 Å². The van der Waals surface area contributed by atoms with E-state index in [1.54, 1.807) is 11.3 Å². The average molecular weight is 450 g/mol. The second-order valence-electron chi connectivity index (χ2n) is 6.20. The third-order valence-electron chi connectivity index (χ3n) is 4.15. The van der Waals surface area contributed by atoms with Crippen molar-refractivity contribution in [3.63, 3.8) is 0 Å². The zero-order valence-corrected chi connectivity index (χ0v) is 17.7. The van der Waals surface area contributed by atoms with Gasteiger partial charge in [0.2, 0.25) is 0 Å². The molecular weight excluding hydrogens is 419 g/mol. The van der Waals surface area contributed by atoms with E-state index < -0.39 is 0 Å². The molecule has 1 aliphatic heterocycles. The molecule has 4 nitrogen and oxygen atoms in total. The number of guanidine groups is 1. The van der Waals surface area contributed by atoms with Crippen molar-refractivity contribution < 1.29 is 0 Å². The molecule has 132 valence electrons. The lowest BCUT2D eigenvalue weighted by atomic mass is 10.0. The molecule has 1 aromatic heterocycles. The first kappa shape index (κ1) is 20.7. The fraction of sp³-hybridized carbons (Fsp3) is 0.706. The molecule has 0 amide bonds. The molecule has 1 atom stereocenters. The average Bonchev–Trinajstić information content (AvgIpc) is 2.90. The molecule has 2 N–H and O–H groups in total. The second kappa shape index (κ2) is 11.3. The number of piperidine rings is 1. The fourth-order valence-corrected chi connectivity index (χ4v) is 3.71. The minimum Gasteiger partial charge on any atom is -0.357 e. The Morgan fingerprint density at radius 3 is 2.91 bits per heavy atom. The Labute approximate surface area is 162 Å². The lowest BCUT2D eigenvalue weighted by Crippen LogP contribution is -2.43. The van der Waals surface area contributed by atoms with Crippen molar-refractivity contribution in [2.45, 2.75) is 40.2 Å². The van der Waals surface area contributed by atoms with Gasteiger partial charge in [0.15, 0.2) is 5.96 Å². The Morgan fingerprint density at radius 1 is 1.43 bits per heavy atom. The highest BCUT2D eigenvalue weighted by Gasteiger charge is 2.15. The SMILES string of the molecule is CCNC(=NCc1sccc1C)NCCN1CCCC(C)C1.I. The van der Waals surface area contributed by atoms with Gasteiger partial charge < -0.3 is 15.5 Å². The molecule has 1 aliphatic rings. The molecule has 0 aliphatic carbocycles. The van der Waals surface area contributed by atoms with Crippen LogP contribution in [0.4, 0.5) is 0 Å². The van der Waals surface area contributed by atoms with Gasteiger partial charge >= 0.3 is 0 Å². The number of aliphatic imine (C=N–C) groups is 1. The second-order valence-corrected chi connectivity index (χ2v) is 7.20. The summed E-state index contributed by atoms with van der Waals surface area (Å²) >= 11 is 1.79. The van der Waals surface area contributed by atoms with Crippen LogP contribution < -0.4 is 10.6 Å². The van der Waals surface area contributed by atoms with E-state index in [9.17, 15) is 0 Å². The lowest BCUT2D eigenvalue weighted by Gasteiger charge is -2.30. The maximum atomic E-state index is 4.70. The molecule has 0 radical (unpaired) electrons. The lowest BCUT2D eigenvalue weighted by molar-refractivity contribution is 0.187. The number of hydrogen-bond donors (Lipinski definition) is 2. The van der Waals surface area contributed by atoms with Gasteiger partial charge in [0.1, 0.15) is 0 Å². The van der Waals surface area contributed by atoms with Crippen LogP contribution in [0.15, 0.2) is 16.4 Å². The molecule has 0 saturated carbocycles. The van der Waals surface area contributed by atoms with Gasteiger partial charge in [0, 0.05) is 31.1 Å². The first-order chi connectivity index (χ1) is 10.7. The van der Waals surface area contributed by atoms with E-state index in [0.29, 0.717) is 0 Å². The van der Waals surface area contributed by atoms with Gasteiger partial charge in [-0.1, -0.05) is 6.92 Å². The van der Waals surface area contributed by atoms with Gasteiger partial charge in [0.05, 0.1) is 6.54 Å². The number of nitrogens with zero attached hydrogens (tertiary/aromatic N) is 2. The van der Waals surface area contributed by atoms with Crippen molar-refractivity contribution in [3.05, 3.63) is 21.9 Å². The van der Waals surface area contributed by atoms with Crippen LogP contribution in [0.5, 0.6) is 0 Å². The van der Waals surface area contributed by atoms with Crippen molar-refractivity contribution in [2.75, 3.05) is 32.7 Å². The van der Waals surface area contributed by atoms with Crippen LogP contribution in [0.2, 0.25) is 0 Å². The van der Waals surface area contributed by atoms with Crippen LogP contribution in [0.25, 0.3) is 0 Å². The van der Waals surface area contributed by atoms with Crippen molar-refractivity contribution in [1.29, 1.82) is 0 Å². The predicted molar refractivity (Wildman–Crippen MR) is 112 cm³/mol. The molecule has 1 unspecified atom stereocenters. The quantitative estimate of drug-likeness (QED) is 0.396. The summed E-state index contributed by atoms with van der Waals surface area (Å²) in [5, 5.41) is 8.94. The Bertz CT molecular complexity index is 475. The van der Waals surface area contributed by atoms with E-state index >= 15 is 0 Å². The van der Waals surface area contributed by atoms with Crippen LogP contribution in [-0.4, -0.2) is 43.6 Å². The number of likely N-dealkylation sites (tertiary alicyclic amines) is 1. The first-order valence-corrected chi connectivity index (χ1v) is 9.34. The number of nitrogens with one attached hydrogen (secondary N) is 2. The molecule has 1 aromatic rings. The number of thiophene rings is 1. The molecule has 1 saturated heterocycles. The van der Waals surface area contributed by atoms with E-state index in [1.807, 2.05) is 0 Å². The summed E-state index contributed by atoms with van der Waals surface area (Å²) in [5.41, 5.74) is 1.34. The summed E-state index contributed by atoms with van der Waals surface area (Å²) in [6.45, 7) is 12.8. The Hall–Kier alpha value is -0.340.